The first kappa shape index (κ1) is 21.4. The lowest BCUT2D eigenvalue weighted by molar-refractivity contribution is -0.153. The van der Waals surface area contributed by atoms with Gasteiger partial charge in [-0.3, -0.25) is 14.4 Å². The Morgan fingerprint density at radius 3 is 2.53 bits per heavy atom. The van der Waals surface area contributed by atoms with Crippen LogP contribution in [0.5, 0.6) is 0 Å². The minimum atomic E-state index is -0.891. The summed E-state index contributed by atoms with van der Waals surface area (Å²) in [4.78, 5) is 44.0. The Labute approximate surface area is 181 Å². The quantitative estimate of drug-likeness (QED) is 0.522. The molecule has 0 radical (unpaired) electrons. The molecule has 2 amide bonds. The van der Waals surface area contributed by atoms with E-state index in [4.69, 9.17) is 4.74 Å². The number of ether oxygens (including phenoxy) is 1. The molecular weight excluding hydrogens is 404 g/mol. The highest BCUT2D eigenvalue weighted by Gasteiger charge is 2.74. The van der Waals surface area contributed by atoms with E-state index in [-0.39, 0.29) is 25.0 Å². The van der Waals surface area contributed by atoms with Gasteiger partial charge in [-0.1, -0.05) is 18.2 Å². The van der Waals surface area contributed by atoms with Crippen LogP contribution in [0, 0.1) is 11.8 Å². The van der Waals surface area contributed by atoms with Crippen molar-refractivity contribution in [1.82, 2.24) is 9.80 Å². The van der Waals surface area contributed by atoms with Gasteiger partial charge >= 0.3 is 5.97 Å². The highest BCUT2D eigenvalue weighted by molar-refractivity contribution is 8.02. The summed E-state index contributed by atoms with van der Waals surface area (Å²) in [7, 11) is 0. The molecule has 0 saturated carbocycles. The molecule has 4 heterocycles. The number of esters is 1. The number of rotatable bonds is 2. The predicted molar refractivity (Wildman–Crippen MR) is 114 cm³/mol. The average Bonchev–Trinajstić information content (AvgIpc) is 2.91. The first-order chi connectivity index (χ1) is 14.0. The molecule has 0 aliphatic carbocycles. The first-order valence-corrected chi connectivity index (χ1v) is 11.3. The van der Waals surface area contributed by atoms with Crippen LogP contribution in [0.1, 0.15) is 34.6 Å². The third-order valence-electron chi connectivity index (χ3n) is 6.80. The van der Waals surface area contributed by atoms with E-state index in [9.17, 15) is 19.5 Å². The fraction of sp³-hybridized carbons (Fsp3) is 0.682. The highest BCUT2D eigenvalue weighted by atomic mass is 32.2. The van der Waals surface area contributed by atoms with Crippen molar-refractivity contribution in [2.45, 2.75) is 61.7 Å². The molecule has 4 aliphatic rings. The van der Waals surface area contributed by atoms with Crippen molar-refractivity contribution in [3.8, 4) is 0 Å². The Bertz CT molecular complexity index is 849. The number of nitrogens with zero attached hydrogens (tertiary/aromatic N) is 2. The van der Waals surface area contributed by atoms with Gasteiger partial charge in [-0.25, -0.2) is 0 Å². The second kappa shape index (κ2) is 6.85. The van der Waals surface area contributed by atoms with E-state index >= 15 is 0 Å². The van der Waals surface area contributed by atoms with Gasteiger partial charge in [0.1, 0.15) is 12.6 Å². The van der Waals surface area contributed by atoms with Gasteiger partial charge in [0.2, 0.25) is 11.8 Å². The van der Waals surface area contributed by atoms with E-state index in [1.807, 2.05) is 52.0 Å². The van der Waals surface area contributed by atoms with Gasteiger partial charge < -0.3 is 19.6 Å². The summed E-state index contributed by atoms with van der Waals surface area (Å²) in [5.41, 5.74) is -0.432. The van der Waals surface area contributed by atoms with Crippen LogP contribution in [-0.4, -0.2) is 79.6 Å². The Morgan fingerprint density at radius 2 is 1.90 bits per heavy atom. The van der Waals surface area contributed by atoms with Crippen LogP contribution in [0.15, 0.2) is 24.3 Å². The molecule has 6 atom stereocenters. The minimum absolute atomic E-state index is 0.145. The van der Waals surface area contributed by atoms with Gasteiger partial charge in [0, 0.05) is 16.8 Å². The van der Waals surface area contributed by atoms with Gasteiger partial charge in [0.15, 0.2) is 0 Å². The van der Waals surface area contributed by atoms with Crippen molar-refractivity contribution in [2.24, 2.45) is 11.8 Å². The summed E-state index contributed by atoms with van der Waals surface area (Å²) in [6.07, 6.45) is 7.70. The van der Waals surface area contributed by atoms with Crippen LogP contribution >= 0.6 is 11.8 Å². The maximum Gasteiger partial charge on any atom is 0.311 e. The van der Waals surface area contributed by atoms with Crippen molar-refractivity contribution in [3.63, 3.8) is 0 Å². The normalized spacial score (nSPS) is 39.3. The van der Waals surface area contributed by atoms with Crippen LogP contribution in [-0.2, 0) is 19.1 Å². The van der Waals surface area contributed by atoms with Crippen molar-refractivity contribution >= 4 is 29.5 Å². The molecule has 1 spiro atoms. The van der Waals surface area contributed by atoms with Crippen molar-refractivity contribution in [3.05, 3.63) is 24.3 Å². The fourth-order valence-corrected chi connectivity index (χ4v) is 7.60. The molecular formula is C22H30N2O5S. The van der Waals surface area contributed by atoms with Crippen LogP contribution in [0.25, 0.3) is 0 Å². The first-order valence-electron chi connectivity index (χ1n) is 10.4. The van der Waals surface area contributed by atoms with Crippen molar-refractivity contribution in [2.75, 3.05) is 19.8 Å². The Balaban J connectivity index is 1.92. The molecule has 7 nitrogen and oxygen atoms in total. The number of hydrogen-bond donors (Lipinski definition) is 1. The van der Waals surface area contributed by atoms with E-state index in [1.54, 1.807) is 11.8 Å². The van der Waals surface area contributed by atoms with Gasteiger partial charge in [-0.05, 0) is 40.7 Å². The molecule has 8 heteroatoms. The number of carbonyl (C=O) groups is 3. The maximum atomic E-state index is 13.9. The van der Waals surface area contributed by atoms with Gasteiger partial charge in [0.25, 0.3) is 0 Å². The third-order valence-corrected chi connectivity index (χ3v) is 8.60. The number of likely N-dealkylation sites (tertiary alicyclic amines) is 1. The van der Waals surface area contributed by atoms with Crippen LogP contribution in [0.3, 0.4) is 0 Å². The maximum absolute atomic E-state index is 13.9. The number of aliphatic hydroxyl groups is 1. The van der Waals surface area contributed by atoms with Crippen LogP contribution < -0.4 is 0 Å². The lowest BCUT2D eigenvalue weighted by atomic mass is 9.75. The molecule has 0 aromatic carbocycles. The summed E-state index contributed by atoms with van der Waals surface area (Å²) in [5, 5.41) is 9.88. The van der Waals surface area contributed by atoms with Crippen LogP contribution in [0.2, 0.25) is 0 Å². The molecule has 30 heavy (non-hydrogen) atoms. The molecule has 4 rings (SSSR count). The number of cyclic esters (lactones) is 1. The van der Waals surface area contributed by atoms with E-state index < -0.39 is 44.9 Å². The molecule has 0 aromatic heterocycles. The molecule has 1 unspecified atom stereocenters. The summed E-state index contributed by atoms with van der Waals surface area (Å²) < 4.78 is 3.85. The predicted octanol–water partition coefficient (Wildman–Crippen LogP) is 1.36. The molecule has 0 bridgehead atoms. The van der Waals surface area contributed by atoms with Gasteiger partial charge in [-0.15, -0.1) is 11.8 Å². The molecule has 0 aromatic rings. The fourth-order valence-electron chi connectivity index (χ4n) is 5.46. The lowest BCUT2D eigenvalue weighted by Crippen LogP contribution is -2.59. The Morgan fingerprint density at radius 1 is 1.20 bits per heavy atom. The number of amides is 2. The topological polar surface area (TPSA) is 87.2 Å². The zero-order valence-electron chi connectivity index (χ0n) is 18.1. The number of carbonyl (C=O) groups excluding carboxylic acids is 3. The van der Waals surface area contributed by atoms with Crippen molar-refractivity contribution < 1.29 is 24.2 Å². The summed E-state index contributed by atoms with van der Waals surface area (Å²) in [5.74, 6) is -2.22. The number of aliphatic hydroxyl groups excluding tert-OH is 1. The summed E-state index contributed by atoms with van der Waals surface area (Å²) >= 11 is 1.52. The summed E-state index contributed by atoms with van der Waals surface area (Å²) in [6, 6.07) is -1.32. The Kier molecular flexibility index (Phi) is 4.90. The summed E-state index contributed by atoms with van der Waals surface area (Å²) in [6.45, 7) is 9.97. The third kappa shape index (κ3) is 2.79. The van der Waals surface area contributed by atoms with Crippen LogP contribution in [0.4, 0.5) is 0 Å². The SMILES string of the molecule is C[C@H](CO)N1C(=O)[C@@H]2[C@@H]3C(=O)OCC=C[C@]3(C)S[C@@]23C=CCN(C(C)(C)C)C(=O)C13. The number of thioether (sulfide) groups is 1. The Hall–Kier alpha value is -1.80. The van der Waals surface area contributed by atoms with E-state index in [1.165, 1.54) is 16.7 Å². The zero-order chi connectivity index (χ0) is 22.1. The molecule has 164 valence electrons. The zero-order valence-corrected chi connectivity index (χ0v) is 18.9. The molecule has 4 aliphatic heterocycles. The monoisotopic (exact) mass is 434 g/mol. The number of fused-ring (bicyclic) bond motifs is 2. The lowest BCUT2D eigenvalue weighted by Gasteiger charge is -2.42. The van der Waals surface area contributed by atoms with E-state index in [2.05, 4.69) is 0 Å². The standard InChI is InChI=1S/C22H30N2O5S/c1-13(12-25)24-16-18(27)23(20(2,3)4)10-6-9-22(16)14(17(24)26)15-19(28)29-11-7-8-21(15,5)30-22/h6-9,13-16,25H,10-12H2,1-5H3/t13-,14+,15-,16?,21+,22+/m1/s1. The van der Waals surface area contributed by atoms with Gasteiger partial charge in [0.05, 0.1) is 29.2 Å². The van der Waals surface area contributed by atoms with E-state index in [0.717, 1.165) is 0 Å². The average molecular weight is 435 g/mol. The van der Waals surface area contributed by atoms with E-state index in [0.29, 0.717) is 6.54 Å². The van der Waals surface area contributed by atoms with Crippen molar-refractivity contribution in [1.29, 1.82) is 0 Å². The molecule has 2 fully saturated rings. The number of hydrogen-bond acceptors (Lipinski definition) is 6. The largest absolute Gasteiger partial charge is 0.461 e. The highest BCUT2D eigenvalue weighted by Crippen LogP contribution is 2.65. The second-order valence-electron chi connectivity index (χ2n) is 9.83. The second-order valence-corrected chi connectivity index (χ2v) is 11.6. The van der Waals surface area contributed by atoms with Gasteiger partial charge in [-0.2, -0.15) is 0 Å². The minimum Gasteiger partial charge on any atom is -0.461 e. The molecule has 2 saturated heterocycles. The smallest absolute Gasteiger partial charge is 0.311 e. The molecule has 1 N–H and O–H groups in total.